The highest BCUT2D eigenvalue weighted by atomic mass is 19.4. The molecule has 10 heteroatoms. The predicted octanol–water partition coefficient (Wildman–Crippen LogP) is 2.76. The van der Waals surface area contributed by atoms with Crippen molar-refractivity contribution in [3.05, 3.63) is 41.5 Å². The van der Waals surface area contributed by atoms with Crippen LogP contribution >= 0.6 is 0 Å². The first-order valence-electron chi connectivity index (χ1n) is 8.65. The molecule has 4 rings (SSSR count). The second-order valence-corrected chi connectivity index (χ2v) is 6.72. The Balaban J connectivity index is 1.92. The van der Waals surface area contributed by atoms with Gasteiger partial charge in [-0.25, -0.2) is 4.98 Å². The van der Waals surface area contributed by atoms with Gasteiger partial charge in [-0.1, -0.05) is 0 Å². The number of nitrogens with zero attached hydrogens (tertiary/aromatic N) is 4. The van der Waals surface area contributed by atoms with Crippen molar-refractivity contribution in [3.8, 4) is 11.4 Å². The summed E-state index contributed by atoms with van der Waals surface area (Å²) in [7, 11) is 2.15. The molecule has 3 heterocycles. The van der Waals surface area contributed by atoms with Crippen LogP contribution < -0.4 is 4.74 Å². The summed E-state index contributed by atoms with van der Waals surface area (Å²) >= 11 is 0. The number of imidazole rings is 1. The molecule has 0 aliphatic carbocycles. The van der Waals surface area contributed by atoms with Gasteiger partial charge in [-0.05, 0) is 31.0 Å². The van der Waals surface area contributed by atoms with Crippen LogP contribution in [0.5, 0.6) is 5.75 Å². The Morgan fingerprint density at radius 1 is 1.36 bits per heavy atom. The summed E-state index contributed by atoms with van der Waals surface area (Å²) in [4.78, 5) is 30.9. The molecule has 0 bridgehead atoms. The summed E-state index contributed by atoms with van der Waals surface area (Å²) < 4.78 is 45.9. The molecule has 2 aliphatic rings. The monoisotopic (exact) mass is 394 g/mol. The standard InChI is InChI=1S/C18H17F3N4O3/c1-23(18(19,20)21)17(27)14-15-13-4-3-7-24(13)16(26)11-8-10(28-2)5-6-12(11)25(15)9-22-14/h5-6,8-9,13H,3-4,7H2,1-2H3/t13-/m0/s1. The van der Waals surface area contributed by atoms with Crippen molar-refractivity contribution in [2.45, 2.75) is 25.2 Å². The van der Waals surface area contributed by atoms with Crippen molar-refractivity contribution in [2.24, 2.45) is 0 Å². The van der Waals surface area contributed by atoms with Gasteiger partial charge >= 0.3 is 6.30 Å². The first-order chi connectivity index (χ1) is 13.2. The van der Waals surface area contributed by atoms with Gasteiger partial charge in [-0.15, -0.1) is 13.2 Å². The first-order valence-corrected chi connectivity index (χ1v) is 8.65. The lowest BCUT2D eigenvalue weighted by Crippen LogP contribution is -2.40. The summed E-state index contributed by atoms with van der Waals surface area (Å²) in [5.74, 6) is -1.01. The third kappa shape index (κ3) is 2.62. The van der Waals surface area contributed by atoms with E-state index >= 15 is 0 Å². The number of aromatic nitrogens is 2. The van der Waals surface area contributed by atoms with Crippen LogP contribution in [0.4, 0.5) is 13.2 Å². The van der Waals surface area contributed by atoms with Gasteiger partial charge in [0, 0.05) is 13.6 Å². The van der Waals surface area contributed by atoms with Crippen molar-refractivity contribution in [1.82, 2.24) is 19.4 Å². The molecule has 1 aromatic heterocycles. The molecule has 0 saturated carbocycles. The molecular formula is C18H17F3N4O3. The number of halogens is 3. The van der Waals surface area contributed by atoms with Crippen LogP contribution in [0, 0.1) is 0 Å². The van der Waals surface area contributed by atoms with Crippen LogP contribution in [0.25, 0.3) is 5.69 Å². The van der Waals surface area contributed by atoms with Gasteiger partial charge in [0.25, 0.3) is 11.8 Å². The molecule has 148 valence electrons. The Morgan fingerprint density at radius 3 is 2.79 bits per heavy atom. The van der Waals surface area contributed by atoms with Crippen LogP contribution in [0.3, 0.4) is 0 Å². The molecule has 1 aromatic carbocycles. The number of rotatable bonds is 2. The molecule has 0 radical (unpaired) electrons. The zero-order valence-corrected chi connectivity index (χ0v) is 15.2. The maximum absolute atomic E-state index is 13.1. The van der Waals surface area contributed by atoms with Gasteiger partial charge < -0.3 is 9.64 Å². The van der Waals surface area contributed by atoms with Gasteiger partial charge in [-0.2, -0.15) is 0 Å². The average Bonchev–Trinajstić information content (AvgIpc) is 3.29. The zero-order chi connectivity index (χ0) is 20.2. The first kappa shape index (κ1) is 18.3. The van der Waals surface area contributed by atoms with Crippen LogP contribution in [-0.4, -0.2) is 58.2 Å². The van der Waals surface area contributed by atoms with E-state index in [0.29, 0.717) is 49.1 Å². The predicted molar refractivity (Wildman–Crippen MR) is 91.3 cm³/mol. The minimum absolute atomic E-state index is 0.248. The second kappa shape index (κ2) is 6.25. The van der Waals surface area contributed by atoms with Gasteiger partial charge in [0.15, 0.2) is 5.69 Å². The van der Waals surface area contributed by atoms with E-state index in [-0.39, 0.29) is 16.5 Å². The van der Waals surface area contributed by atoms with E-state index in [1.165, 1.54) is 13.4 Å². The van der Waals surface area contributed by atoms with E-state index in [1.807, 2.05) is 0 Å². The number of alkyl halides is 3. The molecule has 1 fully saturated rings. The summed E-state index contributed by atoms with van der Waals surface area (Å²) in [6, 6.07) is 4.36. The fourth-order valence-corrected chi connectivity index (χ4v) is 3.78. The number of benzene rings is 1. The number of methoxy groups -OCH3 is 1. The molecule has 0 N–H and O–H groups in total. The van der Waals surface area contributed by atoms with E-state index in [4.69, 9.17) is 4.74 Å². The Bertz CT molecular complexity index is 969. The van der Waals surface area contributed by atoms with E-state index in [2.05, 4.69) is 4.98 Å². The molecule has 1 atom stereocenters. The SMILES string of the molecule is COc1ccc2c(c1)C(=O)N1CCC[C@H]1c1c(C(=O)N(C)C(F)(F)F)ncn1-2. The van der Waals surface area contributed by atoms with Gasteiger partial charge in [-0.3, -0.25) is 19.1 Å². The molecular weight excluding hydrogens is 377 g/mol. The number of carbonyl (C=O) groups excluding carboxylic acids is 2. The van der Waals surface area contributed by atoms with Crippen LogP contribution in [-0.2, 0) is 0 Å². The van der Waals surface area contributed by atoms with Crippen LogP contribution in [0.2, 0.25) is 0 Å². The van der Waals surface area contributed by atoms with Crippen molar-refractivity contribution >= 4 is 11.8 Å². The lowest BCUT2D eigenvalue weighted by Gasteiger charge is -2.24. The summed E-state index contributed by atoms with van der Waals surface area (Å²) in [5.41, 5.74) is 0.811. The molecule has 28 heavy (non-hydrogen) atoms. The Kier molecular flexibility index (Phi) is 4.09. The third-order valence-electron chi connectivity index (χ3n) is 5.21. The largest absolute Gasteiger partial charge is 0.497 e. The second-order valence-electron chi connectivity index (χ2n) is 6.72. The van der Waals surface area contributed by atoms with Crippen molar-refractivity contribution in [1.29, 1.82) is 0 Å². The summed E-state index contributed by atoms with van der Waals surface area (Å²) in [6.07, 6.45) is -2.30. The quantitative estimate of drug-likeness (QED) is 0.735. The van der Waals surface area contributed by atoms with Gasteiger partial charge in [0.05, 0.1) is 30.1 Å². The Labute approximate surface area is 158 Å². The summed E-state index contributed by atoms with van der Waals surface area (Å²) in [6.45, 7) is 0.452. The lowest BCUT2D eigenvalue weighted by atomic mass is 10.1. The normalized spacial score (nSPS) is 18.2. The molecule has 2 amide bonds. The highest BCUT2D eigenvalue weighted by Crippen LogP contribution is 2.41. The lowest BCUT2D eigenvalue weighted by molar-refractivity contribution is -0.216. The average molecular weight is 394 g/mol. The van der Waals surface area contributed by atoms with E-state index in [1.54, 1.807) is 27.7 Å². The molecule has 0 spiro atoms. The van der Waals surface area contributed by atoms with Crippen molar-refractivity contribution < 1.29 is 27.5 Å². The summed E-state index contributed by atoms with van der Waals surface area (Å²) in [5, 5.41) is 0. The van der Waals surface area contributed by atoms with Crippen molar-refractivity contribution in [2.75, 3.05) is 20.7 Å². The Morgan fingerprint density at radius 2 is 2.11 bits per heavy atom. The number of hydrogen-bond acceptors (Lipinski definition) is 4. The maximum atomic E-state index is 13.1. The molecule has 2 aliphatic heterocycles. The van der Waals surface area contributed by atoms with Crippen molar-refractivity contribution in [3.63, 3.8) is 0 Å². The van der Waals surface area contributed by atoms with Gasteiger partial charge in [0.2, 0.25) is 0 Å². The smallest absolute Gasteiger partial charge is 0.487 e. The Hall–Kier alpha value is -3.04. The van der Waals surface area contributed by atoms with Crippen LogP contribution in [0.15, 0.2) is 24.5 Å². The topological polar surface area (TPSA) is 67.7 Å². The minimum Gasteiger partial charge on any atom is -0.497 e. The fourth-order valence-electron chi connectivity index (χ4n) is 3.78. The number of hydrogen-bond donors (Lipinski definition) is 0. The molecule has 1 saturated heterocycles. The van der Waals surface area contributed by atoms with Gasteiger partial charge in [0.1, 0.15) is 12.1 Å². The fraction of sp³-hybridized carbons (Fsp3) is 0.389. The van der Waals surface area contributed by atoms with E-state index in [9.17, 15) is 22.8 Å². The zero-order valence-electron chi connectivity index (χ0n) is 15.2. The number of ether oxygens (including phenoxy) is 1. The number of amides is 2. The highest BCUT2D eigenvalue weighted by molar-refractivity contribution is 6.00. The highest BCUT2D eigenvalue weighted by Gasteiger charge is 2.44. The minimum atomic E-state index is -4.82. The molecule has 2 aromatic rings. The maximum Gasteiger partial charge on any atom is 0.487 e. The molecule has 7 nitrogen and oxygen atoms in total. The van der Waals surface area contributed by atoms with Crippen LogP contribution in [0.1, 0.15) is 45.4 Å². The number of carbonyl (C=O) groups is 2. The third-order valence-corrected chi connectivity index (χ3v) is 5.21. The molecule has 0 unspecified atom stereocenters. The van der Waals surface area contributed by atoms with E-state index in [0.717, 1.165) is 0 Å². The van der Waals surface area contributed by atoms with E-state index < -0.39 is 18.2 Å². The number of fused-ring (bicyclic) bond motifs is 5.